The van der Waals surface area contributed by atoms with Gasteiger partial charge >= 0.3 is 12.0 Å². The number of rotatable bonds is 4. The molecule has 0 fully saturated rings. The number of hydrogen-bond donors (Lipinski definition) is 1. The van der Waals surface area contributed by atoms with Crippen LogP contribution in [0.3, 0.4) is 0 Å². The number of hydrogen-bond acceptors (Lipinski definition) is 2. The maximum atomic E-state index is 12.4. The van der Waals surface area contributed by atoms with Crippen molar-refractivity contribution in [2.75, 3.05) is 19.0 Å². The average Bonchev–Trinajstić information content (AvgIpc) is 2.43. The number of carboxylic acids is 1. The van der Waals surface area contributed by atoms with Crippen molar-refractivity contribution in [3.05, 3.63) is 29.8 Å². The Morgan fingerprint density at radius 3 is 2.15 bits per heavy atom. The molecule has 5 heteroatoms. The molecule has 0 heterocycles. The first-order chi connectivity index (χ1) is 9.27. The Morgan fingerprint density at radius 1 is 1.10 bits per heavy atom. The topological polar surface area (TPSA) is 60.9 Å². The Balaban J connectivity index is 3.04. The van der Waals surface area contributed by atoms with Crippen LogP contribution >= 0.6 is 0 Å². The van der Waals surface area contributed by atoms with Gasteiger partial charge in [0, 0.05) is 20.1 Å². The molecule has 0 spiro atoms. The second-order valence-corrected chi connectivity index (χ2v) is 5.26. The second-order valence-electron chi connectivity index (χ2n) is 5.26. The van der Waals surface area contributed by atoms with Gasteiger partial charge in [-0.05, 0) is 25.0 Å². The normalized spacial score (nSPS) is 12.1. The van der Waals surface area contributed by atoms with Gasteiger partial charge in [-0.2, -0.15) is 0 Å². The molecule has 1 unspecified atom stereocenters. The average molecular weight is 278 g/mol. The van der Waals surface area contributed by atoms with Gasteiger partial charge in [0.2, 0.25) is 0 Å². The van der Waals surface area contributed by atoms with Gasteiger partial charge < -0.3 is 10.0 Å². The lowest BCUT2D eigenvalue weighted by Gasteiger charge is -2.32. The van der Waals surface area contributed by atoms with E-state index in [0.29, 0.717) is 11.6 Å². The molecule has 0 bridgehead atoms. The zero-order valence-electron chi connectivity index (χ0n) is 12.6. The number of nitrogens with zero attached hydrogens (tertiary/aromatic N) is 2. The molecule has 0 aliphatic rings. The largest absolute Gasteiger partial charge is 0.478 e. The molecule has 0 saturated carbocycles. The van der Waals surface area contributed by atoms with Crippen molar-refractivity contribution in [2.45, 2.75) is 26.8 Å². The Morgan fingerprint density at radius 2 is 1.65 bits per heavy atom. The monoisotopic (exact) mass is 278 g/mol. The minimum absolute atomic E-state index is 0.0712. The van der Waals surface area contributed by atoms with Crippen LogP contribution < -0.4 is 4.90 Å². The van der Waals surface area contributed by atoms with Crippen LogP contribution in [-0.4, -0.2) is 42.1 Å². The summed E-state index contributed by atoms with van der Waals surface area (Å²) in [5.41, 5.74) is 0.516. The van der Waals surface area contributed by atoms with Crippen LogP contribution in [0, 0.1) is 5.92 Å². The number of carbonyl (C=O) groups is 2. The fourth-order valence-electron chi connectivity index (χ4n) is 1.91. The fraction of sp³-hybridized carbons (Fsp3) is 0.467. The first-order valence-electron chi connectivity index (χ1n) is 6.60. The van der Waals surface area contributed by atoms with Crippen LogP contribution in [0.4, 0.5) is 10.5 Å². The number of carboxylic acid groups (broad SMARTS) is 1. The minimum atomic E-state index is -1.04. The van der Waals surface area contributed by atoms with E-state index < -0.39 is 5.97 Å². The minimum Gasteiger partial charge on any atom is -0.478 e. The summed E-state index contributed by atoms with van der Waals surface area (Å²) >= 11 is 0. The van der Waals surface area contributed by atoms with E-state index >= 15 is 0 Å². The van der Waals surface area contributed by atoms with E-state index in [4.69, 9.17) is 0 Å². The number of amides is 2. The SMILES string of the molecule is CC(C)C(C)N(C)C(=O)N(C)c1ccccc1C(=O)O. The van der Waals surface area contributed by atoms with Gasteiger partial charge in [0.25, 0.3) is 0 Å². The number of para-hydroxylation sites is 1. The Labute approximate surface area is 119 Å². The van der Waals surface area contributed by atoms with Crippen LogP contribution in [0.5, 0.6) is 0 Å². The number of aromatic carboxylic acids is 1. The van der Waals surface area contributed by atoms with E-state index in [1.807, 2.05) is 20.8 Å². The van der Waals surface area contributed by atoms with Crippen molar-refractivity contribution in [3.8, 4) is 0 Å². The van der Waals surface area contributed by atoms with Crippen molar-refractivity contribution in [3.63, 3.8) is 0 Å². The third-order valence-corrected chi connectivity index (χ3v) is 3.66. The van der Waals surface area contributed by atoms with E-state index in [1.165, 1.54) is 11.0 Å². The third-order valence-electron chi connectivity index (χ3n) is 3.66. The van der Waals surface area contributed by atoms with Gasteiger partial charge in [-0.1, -0.05) is 26.0 Å². The highest BCUT2D eigenvalue weighted by molar-refractivity contribution is 6.01. The lowest BCUT2D eigenvalue weighted by Crippen LogP contribution is -2.45. The smallest absolute Gasteiger partial charge is 0.337 e. The molecule has 110 valence electrons. The molecule has 0 radical (unpaired) electrons. The molecule has 5 nitrogen and oxygen atoms in total. The highest BCUT2D eigenvalue weighted by Crippen LogP contribution is 2.21. The van der Waals surface area contributed by atoms with Crippen molar-refractivity contribution < 1.29 is 14.7 Å². The van der Waals surface area contributed by atoms with Crippen molar-refractivity contribution in [1.82, 2.24) is 4.90 Å². The van der Waals surface area contributed by atoms with E-state index in [0.717, 1.165) is 0 Å². The predicted octanol–water partition coefficient (Wildman–Crippen LogP) is 2.92. The van der Waals surface area contributed by atoms with Gasteiger partial charge in [0.15, 0.2) is 0 Å². The van der Waals surface area contributed by atoms with Crippen LogP contribution in [0.15, 0.2) is 24.3 Å². The van der Waals surface area contributed by atoms with Gasteiger partial charge in [0.05, 0.1) is 11.3 Å². The van der Waals surface area contributed by atoms with Crippen LogP contribution in [-0.2, 0) is 0 Å². The fourth-order valence-corrected chi connectivity index (χ4v) is 1.91. The molecule has 1 atom stereocenters. The van der Waals surface area contributed by atoms with E-state index in [9.17, 15) is 14.7 Å². The lowest BCUT2D eigenvalue weighted by atomic mass is 10.1. The van der Waals surface area contributed by atoms with Crippen molar-refractivity contribution in [1.29, 1.82) is 0 Å². The molecule has 1 aromatic rings. The van der Waals surface area contributed by atoms with Crippen LogP contribution in [0.25, 0.3) is 0 Å². The van der Waals surface area contributed by atoms with Gasteiger partial charge in [-0.25, -0.2) is 9.59 Å². The van der Waals surface area contributed by atoms with Crippen molar-refractivity contribution >= 4 is 17.7 Å². The van der Waals surface area contributed by atoms with Gasteiger partial charge in [-0.3, -0.25) is 4.90 Å². The highest BCUT2D eigenvalue weighted by Gasteiger charge is 2.24. The molecule has 20 heavy (non-hydrogen) atoms. The van der Waals surface area contributed by atoms with Gasteiger partial charge in [-0.15, -0.1) is 0 Å². The summed E-state index contributed by atoms with van der Waals surface area (Å²) in [6.07, 6.45) is 0. The molecule has 2 amide bonds. The quantitative estimate of drug-likeness (QED) is 0.921. The zero-order valence-corrected chi connectivity index (χ0v) is 12.6. The molecule has 0 aromatic heterocycles. The maximum Gasteiger partial charge on any atom is 0.337 e. The van der Waals surface area contributed by atoms with Crippen LogP contribution in [0.2, 0.25) is 0 Å². The molecule has 0 aliphatic heterocycles. The second kappa shape index (κ2) is 6.41. The Bertz CT molecular complexity index is 500. The van der Waals surface area contributed by atoms with E-state index in [2.05, 4.69) is 0 Å². The lowest BCUT2D eigenvalue weighted by molar-refractivity contribution is 0.0697. The zero-order chi connectivity index (χ0) is 15.4. The van der Waals surface area contributed by atoms with E-state index in [-0.39, 0.29) is 17.6 Å². The first kappa shape index (κ1) is 16.0. The summed E-state index contributed by atoms with van der Waals surface area (Å²) in [5.74, 6) is -0.716. The van der Waals surface area contributed by atoms with Gasteiger partial charge in [0.1, 0.15) is 0 Å². The molecule has 1 aromatic carbocycles. The molecular weight excluding hydrogens is 256 g/mol. The number of benzene rings is 1. The molecule has 1 N–H and O–H groups in total. The molecule has 1 rings (SSSR count). The van der Waals surface area contributed by atoms with Crippen LogP contribution in [0.1, 0.15) is 31.1 Å². The summed E-state index contributed by atoms with van der Waals surface area (Å²) in [6.45, 7) is 6.05. The Hall–Kier alpha value is -2.04. The van der Waals surface area contributed by atoms with E-state index in [1.54, 1.807) is 37.2 Å². The summed E-state index contributed by atoms with van der Waals surface area (Å²) in [5, 5.41) is 9.18. The summed E-state index contributed by atoms with van der Waals surface area (Å²) in [7, 11) is 3.32. The third kappa shape index (κ3) is 3.29. The number of carbonyl (C=O) groups excluding carboxylic acids is 1. The van der Waals surface area contributed by atoms with Crippen molar-refractivity contribution in [2.24, 2.45) is 5.92 Å². The number of urea groups is 1. The Kier molecular flexibility index (Phi) is 5.13. The summed E-state index contributed by atoms with van der Waals surface area (Å²) < 4.78 is 0. The molecule has 0 aliphatic carbocycles. The summed E-state index contributed by atoms with van der Waals surface area (Å²) in [6, 6.07) is 6.34. The molecular formula is C15H22N2O3. The standard InChI is InChI=1S/C15H22N2O3/c1-10(2)11(3)16(4)15(20)17(5)13-9-7-6-8-12(13)14(18)19/h6-11H,1-5H3,(H,18,19). The first-order valence-corrected chi connectivity index (χ1v) is 6.60. The maximum absolute atomic E-state index is 12.4. The summed E-state index contributed by atoms with van der Waals surface area (Å²) in [4.78, 5) is 26.6. The highest BCUT2D eigenvalue weighted by atomic mass is 16.4. The predicted molar refractivity (Wildman–Crippen MR) is 79.3 cm³/mol. The number of anilines is 1. The molecule has 0 saturated heterocycles.